The Hall–Kier alpha value is -1.00. The predicted molar refractivity (Wildman–Crippen MR) is 67.8 cm³/mol. The molecule has 0 spiro atoms. The zero-order chi connectivity index (χ0) is 12.1. The molecule has 0 radical (unpaired) electrons. The number of nitrogens with zero attached hydrogens (tertiary/aromatic N) is 2. The minimum absolute atomic E-state index is 0.157. The van der Waals surface area contributed by atoms with Gasteiger partial charge in [-0.2, -0.15) is 0 Å². The van der Waals surface area contributed by atoms with Gasteiger partial charge in [-0.1, -0.05) is 0 Å². The van der Waals surface area contributed by atoms with Gasteiger partial charge in [-0.05, 0) is 34.0 Å². The highest BCUT2D eigenvalue weighted by atomic mass is 16.4. The Morgan fingerprint density at radius 3 is 2.31 bits per heavy atom. The third kappa shape index (κ3) is 2.77. The SMILES string of the molecule is CCN(CC)c1ccc([C@H](CN)N(C)C)o1. The standard InChI is InChI=1S/C12H23N3O/c1-5-15(6-2)12-8-7-11(16-12)10(9-13)14(3)4/h7-8,10H,5-6,9,13H2,1-4H3/t10-/m0/s1. The van der Waals surface area contributed by atoms with Gasteiger partial charge in [0.25, 0.3) is 0 Å². The molecule has 16 heavy (non-hydrogen) atoms. The van der Waals surface area contributed by atoms with Crippen molar-refractivity contribution in [2.75, 3.05) is 38.6 Å². The zero-order valence-electron chi connectivity index (χ0n) is 10.7. The molecule has 1 rings (SSSR count). The van der Waals surface area contributed by atoms with Gasteiger partial charge in [0.1, 0.15) is 5.76 Å². The van der Waals surface area contributed by atoms with Crippen LogP contribution < -0.4 is 10.6 Å². The van der Waals surface area contributed by atoms with Crippen molar-refractivity contribution in [1.82, 2.24) is 4.90 Å². The van der Waals surface area contributed by atoms with Gasteiger partial charge in [0.15, 0.2) is 5.88 Å². The van der Waals surface area contributed by atoms with Crippen LogP contribution in [0.2, 0.25) is 0 Å². The summed E-state index contributed by atoms with van der Waals surface area (Å²) >= 11 is 0. The lowest BCUT2D eigenvalue weighted by Gasteiger charge is -2.21. The van der Waals surface area contributed by atoms with Crippen molar-refractivity contribution < 1.29 is 4.42 Å². The quantitative estimate of drug-likeness (QED) is 0.800. The fourth-order valence-corrected chi connectivity index (χ4v) is 1.81. The van der Waals surface area contributed by atoms with E-state index in [4.69, 9.17) is 10.2 Å². The van der Waals surface area contributed by atoms with Crippen LogP contribution in [0.4, 0.5) is 5.88 Å². The van der Waals surface area contributed by atoms with Gasteiger partial charge in [-0.25, -0.2) is 0 Å². The summed E-state index contributed by atoms with van der Waals surface area (Å²) < 4.78 is 5.85. The molecule has 1 aromatic rings. The van der Waals surface area contributed by atoms with Gasteiger partial charge in [0.05, 0.1) is 6.04 Å². The Kier molecular flexibility index (Phi) is 4.83. The highest BCUT2D eigenvalue weighted by Crippen LogP contribution is 2.24. The first-order valence-corrected chi connectivity index (χ1v) is 5.85. The van der Waals surface area contributed by atoms with E-state index in [1.165, 1.54) is 0 Å². The second-order valence-corrected chi connectivity index (χ2v) is 4.06. The van der Waals surface area contributed by atoms with Crippen LogP contribution in [0.15, 0.2) is 16.5 Å². The maximum atomic E-state index is 5.85. The number of hydrogen-bond donors (Lipinski definition) is 1. The molecular formula is C12H23N3O. The highest BCUT2D eigenvalue weighted by Gasteiger charge is 2.17. The highest BCUT2D eigenvalue weighted by molar-refractivity contribution is 5.36. The monoisotopic (exact) mass is 225 g/mol. The van der Waals surface area contributed by atoms with E-state index in [1.54, 1.807) is 0 Å². The number of furan rings is 1. The first-order chi connectivity index (χ1) is 7.63. The molecule has 0 saturated heterocycles. The van der Waals surface area contributed by atoms with Crippen molar-refractivity contribution in [3.8, 4) is 0 Å². The Morgan fingerprint density at radius 2 is 1.88 bits per heavy atom. The lowest BCUT2D eigenvalue weighted by molar-refractivity contribution is 0.265. The van der Waals surface area contributed by atoms with Gasteiger partial charge < -0.3 is 15.1 Å². The molecule has 0 unspecified atom stereocenters. The molecule has 4 nitrogen and oxygen atoms in total. The van der Waals surface area contributed by atoms with E-state index in [0.717, 1.165) is 24.7 Å². The first kappa shape index (κ1) is 13.1. The lowest BCUT2D eigenvalue weighted by atomic mass is 10.2. The summed E-state index contributed by atoms with van der Waals surface area (Å²) in [6.45, 7) is 6.73. The molecule has 1 atom stereocenters. The van der Waals surface area contributed by atoms with Crippen molar-refractivity contribution in [2.45, 2.75) is 19.9 Å². The van der Waals surface area contributed by atoms with Crippen LogP contribution in [-0.4, -0.2) is 38.6 Å². The number of rotatable bonds is 6. The summed E-state index contributed by atoms with van der Waals surface area (Å²) in [7, 11) is 4.02. The van der Waals surface area contributed by atoms with Gasteiger partial charge in [-0.15, -0.1) is 0 Å². The maximum absolute atomic E-state index is 5.85. The number of nitrogens with two attached hydrogens (primary N) is 1. The summed E-state index contributed by atoms with van der Waals surface area (Å²) in [4.78, 5) is 4.26. The molecule has 0 aliphatic heterocycles. The van der Waals surface area contributed by atoms with Crippen LogP contribution in [-0.2, 0) is 0 Å². The summed E-state index contributed by atoms with van der Waals surface area (Å²) in [5.74, 6) is 1.87. The van der Waals surface area contributed by atoms with Crippen molar-refractivity contribution in [2.24, 2.45) is 5.73 Å². The molecule has 92 valence electrons. The third-order valence-electron chi connectivity index (χ3n) is 2.86. The predicted octanol–water partition coefficient (Wildman–Crippen LogP) is 1.69. The average Bonchev–Trinajstić information content (AvgIpc) is 2.70. The average molecular weight is 225 g/mol. The summed E-state index contributed by atoms with van der Waals surface area (Å²) in [6.07, 6.45) is 0. The van der Waals surface area contributed by atoms with Gasteiger partial charge in [0, 0.05) is 25.7 Å². The molecule has 0 fully saturated rings. The van der Waals surface area contributed by atoms with E-state index in [0.29, 0.717) is 6.54 Å². The van der Waals surface area contributed by atoms with Crippen LogP contribution in [0, 0.1) is 0 Å². The van der Waals surface area contributed by atoms with Crippen molar-refractivity contribution in [1.29, 1.82) is 0 Å². The van der Waals surface area contributed by atoms with Gasteiger partial charge in [-0.3, -0.25) is 4.90 Å². The fourth-order valence-electron chi connectivity index (χ4n) is 1.81. The van der Waals surface area contributed by atoms with E-state index in [2.05, 4.69) is 23.6 Å². The van der Waals surface area contributed by atoms with Crippen molar-refractivity contribution >= 4 is 5.88 Å². The first-order valence-electron chi connectivity index (χ1n) is 5.85. The molecule has 0 aliphatic carbocycles. The number of anilines is 1. The molecule has 0 saturated carbocycles. The molecule has 1 heterocycles. The molecular weight excluding hydrogens is 202 g/mol. The van der Waals surface area contributed by atoms with Crippen LogP contribution >= 0.6 is 0 Å². The number of likely N-dealkylation sites (N-methyl/N-ethyl adjacent to an activating group) is 1. The molecule has 2 N–H and O–H groups in total. The van der Waals surface area contributed by atoms with Crippen LogP contribution in [0.5, 0.6) is 0 Å². The van der Waals surface area contributed by atoms with Gasteiger partial charge in [0.2, 0.25) is 0 Å². The fraction of sp³-hybridized carbons (Fsp3) is 0.667. The molecule has 0 aliphatic rings. The van der Waals surface area contributed by atoms with E-state index in [9.17, 15) is 0 Å². The topological polar surface area (TPSA) is 45.6 Å². The second kappa shape index (κ2) is 5.92. The van der Waals surface area contributed by atoms with Crippen molar-refractivity contribution in [3.63, 3.8) is 0 Å². The van der Waals surface area contributed by atoms with Gasteiger partial charge >= 0.3 is 0 Å². The molecule has 0 amide bonds. The summed E-state index contributed by atoms with van der Waals surface area (Å²) in [5.41, 5.74) is 5.74. The molecule has 1 aromatic heterocycles. The van der Waals surface area contributed by atoms with E-state index in [1.807, 2.05) is 26.2 Å². The van der Waals surface area contributed by atoms with Crippen molar-refractivity contribution in [3.05, 3.63) is 17.9 Å². The maximum Gasteiger partial charge on any atom is 0.195 e. The second-order valence-electron chi connectivity index (χ2n) is 4.06. The summed E-state index contributed by atoms with van der Waals surface area (Å²) in [5, 5.41) is 0. The minimum Gasteiger partial charge on any atom is -0.444 e. The van der Waals surface area contributed by atoms with Crippen LogP contribution in [0.1, 0.15) is 25.6 Å². The number of hydrogen-bond acceptors (Lipinski definition) is 4. The molecule has 0 aromatic carbocycles. The third-order valence-corrected chi connectivity index (χ3v) is 2.86. The van der Waals surface area contributed by atoms with Crippen LogP contribution in [0.3, 0.4) is 0 Å². The zero-order valence-corrected chi connectivity index (χ0v) is 10.7. The van der Waals surface area contributed by atoms with Crippen LogP contribution in [0.25, 0.3) is 0 Å². The molecule has 4 heteroatoms. The largest absolute Gasteiger partial charge is 0.444 e. The lowest BCUT2D eigenvalue weighted by Crippen LogP contribution is -2.26. The Morgan fingerprint density at radius 1 is 1.25 bits per heavy atom. The Balaban J connectivity index is 2.84. The van der Waals surface area contributed by atoms with E-state index >= 15 is 0 Å². The van der Waals surface area contributed by atoms with E-state index in [-0.39, 0.29) is 6.04 Å². The molecule has 0 bridgehead atoms. The Labute approximate surface area is 98.0 Å². The smallest absolute Gasteiger partial charge is 0.195 e. The van der Waals surface area contributed by atoms with E-state index < -0.39 is 0 Å². The normalized spacial score (nSPS) is 13.1. The Bertz CT molecular complexity index is 305. The summed E-state index contributed by atoms with van der Waals surface area (Å²) in [6, 6.07) is 4.20. The minimum atomic E-state index is 0.157.